The summed E-state index contributed by atoms with van der Waals surface area (Å²) in [6.45, 7) is 6.27. The summed E-state index contributed by atoms with van der Waals surface area (Å²) in [6.07, 6.45) is 2.79. The van der Waals surface area contributed by atoms with Gasteiger partial charge in [0.2, 0.25) is 0 Å². The number of carbonyl (C=O) groups excluding carboxylic acids is 2. The third-order valence-corrected chi connectivity index (χ3v) is 5.26. The van der Waals surface area contributed by atoms with E-state index in [1.54, 1.807) is 30.3 Å². The molecule has 0 saturated carbocycles. The third kappa shape index (κ3) is 7.07. The Morgan fingerprint density at radius 1 is 0.939 bits per heavy atom. The zero-order valence-electron chi connectivity index (χ0n) is 18.7. The molecule has 0 N–H and O–H groups in total. The van der Waals surface area contributed by atoms with Gasteiger partial charge in [0.25, 0.3) is 0 Å². The van der Waals surface area contributed by atoms with E-state index in [1.807, 2.05) is 55.5 Å². The second-order valence-corrected chi connectivity index (χ2v) is 7.52. The molecule has 0 aliphatic heterocycles. The Morgan fingerprint density at radius 3 is 2.33 bits per heavy atom. The molecular formula is C28H28O5. The maximum Gasteiger partial charge on any atom is 0.343 e. The molecule has 3 aromatic carbocycles. The maximum atomic E-state index is 12.7. The van der Waals surface area contributed by atoms with Crippen LogP contribution in [0.4, 0.5) is 0 Å². The van der Waals surface area contributed by atoms with Crippen molar-refractivity contribution in [2.24, 2.45) is 5.92 Å². The molecule has 0 radical (unpaired) electrons. The minimum atomic E-state index is -0.431. The lowest BCUT2D eigenvalue weighted by atomic mass is 10.0. The van der Waals surface area contributed by atoms with Gasteiger partial charge in [-0.2, -0.15) is 0 Å². The fourth-order valence-corrected chi connectivity index (χ4v) is 3.27. The fraction of sp³-hybridized carbons (Fsp3) is 0.214. The van der Waals surface area contributed by atoms with Crippen LogP contribution in [0.25, 0.3) is 11.1 Å². The molecule has 0 aliphatic rings. The number of esters is 2. The van der Waals surface area contributed by atoms with Gasteiger partial charge in [-0.05, 0) is 54.7 Å². The molecule has 0 spiro atoms. The maximum absolute atomic E-state index is 12.7. The Kier molecular flexibility index (Phi) is 8.83. The first kappa shape index (κ1) is 23.8. The van der Waals surface area contributed by atoms with E-state index in [2.05, 4.69) is 6.58 Å². The average Bonchev–Trinajstić information content (AvgIpc) is 2.87. The summed E-state index contributed by atoms with van der Waals surface area (Å²) in [5, 5.41) is 0. The first-order valence-corrected chi connectivity index (χ1v) is 11.0. The lowest BCUT2D eigenvalue weighted by Gasteiger charge is -2.15. The number of hydrogen-bond donors (Lipinski definition) is 0. The highest BCUT2D eigenvalue weighted by atomic mass is 16.5. The van der Waals surface area contributed by atoms with Crippen LogP contribution in [-0.4, -0.2) is 25.2 Å². The first-order chi connectivity index (χ1) is 16.1. The second kappa shape index (κ2) is 12.2. The molecular weight excluding hydrogens is 416 g/mol. The summed E-state index contributed by atoms with van der Waals surface area (Å²) in [7, 11) is 0. The summed E-state index contributed by atoms with van der Waals surface area (Å²) < 4.78 is 16.6. The summed E-state index contributed by atoms with van der Waals surface area (Å²) in [6, 6.07) is 24.1. The van der Waals surface area contributed by atoms with Crippen LogP contribution in [0.3, 0.4) is 0 Å². The smallest absolute Gasteiger partial charge is 0.343 e. The van der Waals surface area contributed by atoms with Crippen LogP contribution in [0.5, 0.6) is 11.5 Å². The van der Waals surface area contributed by atoms with Crippen LogP contribution >= 0.6 is 0 Å². The Hall–Kier alpha value is -3.86. The van der Waals surface area contributed by atoms with Crippen molar-refractivity contribution in [2.45, 2.75) is 19.8 Å². The van der Waals surface area contributed by atoms with Gasteiger partial charge < -0.3 is 14.2 Å². The second-order valence-electron chi connectivity index (χ2n) is 7.52. The first-order valence-electron chi connectivity index (χ1n) is 11.0. The molecule has 0 aliphatic carbocycles. The van der Waals surface area contributed by atoms with E-state index in [0.717, 1.165) is 30.0 Å². The number of para-hydroxylation sites is 1. The molecule has 5 nitrogen and oxygen atoms in total. The van der Waals surface area contributed by atoms with Gasteiger partial charge in [0.15, 0.2) is 0 Å². The highest BCUT2D eigenvalue weighted by Crippen LogP contribution is 2.30. The molecule has 0 fully saturated rings. The number of rotatable bonds is 11. The van der Waals surface area contributed by atoms with Gasteiger partial charge in [-0.25, -0.2) is 9.59 Å². The molecule has 1 unspecified atom stereocenters. The Labute approximate surface area is 194 Å². The Bertz CT molecular complexity index is 1060. The van der Waals surface area contributed by atoms with E-state index in [4.69, 9.17) is 14.2 Å². The highest BCUT2D eigenvalue weighted by Gasteiger charge is 2.13. The number of carbonyl (C=O) groups is 2. The topological polar surface area (TPSA) is 61.8 Å². The largest absolute Gasteiger partial charge is 0.494 e. The van der Waals surface area contributed by atoms with Gasteiger partial charge in [-0.1, -0.05) is 62.0 Å². The van der Waals surface area contributed by atoms with Crippen molar-refractivity contribution in [2.75, 3.05) is 13.2 Å². The molecule has 3 aromatic rings. The van der Waals surface area contributed by atoms with Gasteiger partial charge >= 0.3 is 11.9 Å². The van der Waals surface area contributed by atoms with Crippen LogP contribution in [0.15, 0.2) is 91.5 Å². The van der Waals surface area contributed by atoms with Gasteiger partial charge in [0.05, 0.1) is 18.8 Å². The van der Waals surface area contributed by atoms with Crippen molar-refractivity contribution < 1.29 is 23.8 Å². The molecule has 170 valence electrons. The molecule has 5 heteroatoms. The minimum absolute atomic E-state index is 0.216. The average molecular weight is 445 g/mol. The highest BCUT2D eigenvalue weighted by molar-refractivity contribution is 5.92. The van der Waals surface area contributed by atoms with Crippen molar-refractivity contribution in [1.29, 1.82) is 0 Å². The standard InChI is InChI=1S/C28H28O5/c1-3-21(20-32-27(29)4-2)18-19-31-24-16-14-23(15-17-24)28(30)33-26-13-9-8-12-25(26)22-10-6-5-7-11-22/h4-17,21H,2-3,18-20H2,1H3. The van der Waals surface area contributed by atoms with Gasteiger partial charge in [-0.3, -0.25) is 0 Å². The monoisotopic (exact) mass is 444 g/mol. The zero-order chi connectivity index (χ0) is 23.5. The molecule has 1 atom stereocenters. The predicted molar refractivity (Wildman–Crippen MR) is 128 cm³/mol. The van der Waals surface area contributed by atoms with E-state index in [9.17, 15) is 9.59 Å². The molecule has 33 heavy (non-hydrogen) atoms. The fourth-order valence-electron chi connectivity index (χ4n) is 3.27. The van der Waals surface area contributed by atoms with Crippen molar-refractivity contribution in [1.82, 2.24) is 0 Å². The minimum Gasteiger partial charge on any atom is -0.494 e. The van der Waals surface area contributed by atoms with Crippen LogP contribution < -0.4 is 9.47 Å². The number of ether oxygens (including phenoxy) is 3. The van der Waals surface area contributed by atoms with E-state index >= 15 is 0 Å². The van der Waals surface area contributed by atoms with Crippen LogP contribution in [0.1, 0.15) is 30.1 Å². The summed E-state index contributed by atoms with van der Waals surface area (Å²) in [4.78, 5) is 23.9. The number of hydrogen-bond acceptors (Lipinski definition) is 5. The molecule has 3 rings (SSSR count). The SMILES string of the molecule is C=CC(=O)OCC(CC)CCOc1ccc(C(=O)Oc2ccccc2-c2ccccc2)cc1. The number of benzene rings is 3. The van der Waals surface area contributed by atoms with Crippen molar-refractivity contribution in [3.8, 4) is 22.6 Å². The van der Waals surface area contributed by atoms with Crippen molar-refractivity contribution in [3.63, 3.8) is 0 Å². The van der Waals surface area contributed by atoms with E-state index in [0.29, 0.717) is 30.3 Å². The predicted octanol–water partition coefficient (Wildman–Crippen LogP) is 6.10. The van der Waals surface area contributed by atoms with E-state index < -0.39 is 11.9 Å². The Balaban J connectivity index is 1.55. The zero-order valence-corrected chi connectivity index (χ0v) is 18.7. The van der Waals surface area contributed by atoms with Gasteiger partial charge in [0, 0.05) is 11.6 Å². The van der Waals surface area contributed by atoms with Gasteiger partial charge in [-0.15, -0.1) is 0 Å². The summed E-state index contributed by atoms with van der Waals surface area (Å²) in [5.74, 6) is 0.544. The Morgan fingerprint density at radius 2 is 1.64 bits per heavy atom. The lowest BCUT2D eigenvalue weighted by molar-refractivity contribution is -0.139. The summed E-state index contributed by atoms with van der Waals surface area (Å²) in [5.41, 5.74) is 2.28. The summed E-state index contributed by atoms with van der Waals surface area (Å²) >= 11 is 0. The van der Waals surface area contributed by atoms with Gasteiger partial charge in [0.1, 0.15) is 11.5 Å². The van der Waals surface area contributed by atoms with Crippen LogP contribution in [0, 0.1) is 5.92 Å². The van der Waals surface area contributed by atoms with E-state index in [1.165, 1.54) is 0 Å². The van der Waals surface area contributed by atoms with Crippen molar-refractivity contribution in [3.05, 3.63) is 97.1 Å². The van der Waals surface area contributed by atoms with Crippen LogP contribution in [0.2, 0.25) is 0 Å². The molecule has 0 bridgehead atoms. The van der Waals surface area contributed by atoms with Crippen molar-refractivity contribution >= 4 is 11.9 Å². The quantitative estimate of drug-likeness (QED) is 0.203. The molecule has 0 aromatic heterocycles. The third-order valence-electron chi connectivity index (χ3n) is 5.26. The normalized spacial score (nSPS) is 11.3. The lowest BCUT2D eigenvalue weighted by Crippen LogP contribution is -2.15. The van der Waals surface area contributed by atoms with Crippen LogP contribution in [-0.2, 0) is 9.53 Å². The molecule has 0 saturated heterocycles. The molecule has 0 amide bonds. The van der Waals surface area contributed by atoms with E-state index in [-0.39, 0.29) is 5.92 Å². The molecule has 0 heterocycles.